The van der Waals surface area contributed by atoms with Crippen LogP contribution in [0.5, 0.6) is 17.2 Å². The first-order valence-corrected chi connectivity index (χ1v) is 7.17. The van der Waals surface area contributed by atoms with Crippen LogP contribution in [0.2, 0.25) is 0 Å². The lowest BCUT2D eigenvalue weighted by Gasteiger charge is -2.20. The summed E-state index contributed by atoms with van der Waals surface area (Å²) in [6, 6.07) is 9.77. The first kappa shape index (κ1) is 15.3. The summed E-state index contributed by atoms with van der Waals surface area (Å²) in [5, 5.41) is 3.40. The van der Waals surface area contributed by atoms with Gasteiger partial charge >= 0.3 is 0 Å². The number of rotatable bonds is 6. The maximum absolute atomic E-state index is 6.07. The van der Waals surface area contributed by atoms with E-state index in [1.165, 1.54) is 0 Å². The number of nitrogens with one attached hydrogen (secondary N) is 1. The summed E-state index contributed by atoms with van der Waals surface area (Å²) in [5.74, 6) is 2.37. The minimum Gasteiger partial charge on any atom is -0.496 e. The molecule has 0 saturated heterocycles. The summed E-state index contributed by atoms with van der Waals surface area (Å²) in [6.07, 6.45) is 1.76. The van der Waals surface area contributed by atoms with Gasteiger partial charge in [0.15, 0.2) is 0 Å². The minimum atomic E-state index is 0.137. The predicted molar refractivity (Wildman–Crippen MR) is 84.1 cm³/mol. The van der Waals surface area contributed by atoms with Crippen molar-refractivity contribution in [2.24, 2.45) is 0 Å². The van der Waals surface area contributed by atoms with Gasteiger partial charge in [-0.15, -0.1) is 0 Å². The van der Waals surface area contributed by atoms with E-state index in [1.807, 2.05) is 37.3 Å². The molecular formula is C17H22N2O2. The molecule has 0 bridgehead atoms. The van der Waals surface area contributed by atoms with E-state index in [1.54, 1.807) is 13.3 Å². The second-order valence-corrected chi connectivity index (χ2v) is 4.84. The topological polar surface area (TPSA) is 43.4 Å². The van der Waals surface area contributed by atoms with Gasteiger partial charge in [-0.1, -0.05) is 13.0 Å². The molecule has 1 N–H and O–H groups in total. The highest BCUT2D eigenvalue weighted by molar-refractivity contribution is 5.48. The molecule has 4 nitrogen and oxygen atoms in total. The first-order valence-electron chi connectivity index (χ1n) is 7.17. The zero-order valence-corrected chi connectivity index (χ0v) is 13.0. The van der Waals surface area contributed by atoms with Crippen molar-refractivity contribution in [3.8, 4) is 17.2 Å². The summed E-state index contributed by atoms with van der Waals surface area (Å²) in [6.45, 7) is 7.00. The summed E-state index contributed by atoms with van der Waals surface area (Å²) in [7, 11) is 1.68. The van der Waals surface area contributed by atoms with Crippen molar-refractivity contribution < 1.29 is 9.47 Å². The van der Waals surface area contributed by atoms with Gasteiger partial charge in [0.1, 0.15) is 17.2 Å². The first-order chi connectivity index (χ1) is 10.2. The number of aromatic nitrogens is 1. The van der Waals surface area contributed by atoms with E-state index in [0.29, 0.717) is 0 Å². The standard InChI is InChI=1S/C17H22N2O2/c1-5-18-13(3)17-15(20-4)8-6-9-16(17)21-14-10-7-11-19-12(14)2/h6-11,13,18H,5H2,1-4H3. The molecule has 1 heterocycles. The van der Waals surface area contributed by atoms with Gasteiger partial charge in [-0.25, -0.2) is 0 Å². The van der Waals surface area contributed by atoms with Gasteiger partial charge in [0.2, 0.25) is 0 Å². The average Bonchev–Trinajstić information content (AvgIpc) is 2.49. The van der Waals surface area contributed by atoms with Crippen LogP contribution < -0.4 is 14.8 Å². The monoisotopic (exact) mass is 286 g/mol. The van der Waals surface area contributed by atoms with Crippen molar-refractivity contribution in [1.82, 2.24) is 10.3 Å². The Morgan fingerprint density at radius 1 is 1.14 bits per heavy atom. The van der Waals surface area contributed by atoms with Crippen LogP contribution in [-0.4, -0.2) is 18.6 Å². The molecule has 0 aliphatic carbocycles. The Kier molecular flexibility index (Phi) is 5.17. The van der Waals surface area contributed by atoms with Gasteiger partial charge in [-0.05, 0) is 44.7 Å². The van der Waals surface area contributed by atoms with Crippen molar-refractivity contribution in [2.45, 2.75) is 26.8 Å². The maximum Gasteiger partial charge on any atom is 0.148 e. The lowest BCUT2D eigenvalue weighted by molar-refractivity contribution is 0.390. The van der Waals surface area contributed by atoms with Gasteiger partial charge in [0, 0.05) is 12.2 Å². The number of nitrogens with zero attached hydrogens (tertiary/aromatic N) is 1. The van der Waals surface area contributed by atoms with E-state index < -0.39 is 0 Å². The van der Waals surface area contributed by atoms with Gasteiger partial charge in [0.25, 0.3) is 0 Å². The fraction of sp³-hybridized carbons (Fsp3) is 0.353. The molecule has 112 valence electrons. The Morgan fingerprint density at radius 2 is 1.86 bits per heavy atom. The van der Waals surface area contributed by atoms with E-state index in [-0.39, 0.29) is 6.04 Å². The Balaban J connectivity index is 2.41. The number of benzene rings is 1. The zero-order chi connectivity index (χ0) is 15.2. The molecule has 0 aliphatic heterocycles. The van der Waals surface area contributed by atoms with Crippen molar-refractivity contribution in [2.75, 3.05) is 13.7 Å². The van der Waals surface area contributed by atoms with E-state index in [9.17, 15) is 0 Å². The van der Waals surface area contributed by atoms with Crippen molar-refractivity contribution in [1.29, 1.82) is 0 Å². The molecule has 21 heavy (non-hydrogen) atoms. The molecule has 1 aromatic carbocycles. The van der Waals surface area contributed by atoms with Gasteiger partial charge in [0.05, 0.1) is 18.4 Å². The van der Waals surface area contributed by atoms with Crippen LogP contribution in [0.1, 0.15) is 31.1 Å². The minimum absolute atomic E-state index is 0.137. The summed E-state index contributed by atoms with van der Waals surface area (Å²) < 4.78 is 11.6. The second kappa shape index (κ2) is 7.09. The lowest BCUT2D eigenvalue weighted by atomic mass is 10.1. The SMILES string of the molecule is CCNC(C)c1c(OC)cccc1Oc1cccnc1C. The Bertz CT molecular complexity index is 599. The van der Waals surface area contributed by atoms with Crippen molar-refractivity contribution >= 4 is 0 Å². The van der Waals surface area contributed by atoms with E-state index in [2.05, 4.69) is 24.1 Å². The van der Waals surface area contributed by atoms with Crippen LogP contribution in [0.3, 0.4) is 0 Å². The van der Waals surface area contributed by atoms with Gasteiger partial charge in [-0.2, -0.15) is 0 Å². The largest absolute Gasteiger partial charge is 0.496 e. The van der Waals surface area contributed by atoms with Gasteiger partial charge < -0.3 is 14.8 Å². The third kappa shape index (κ3) is 3.52. The smallest absolute Gasteiger partial charge is 0.148 e. The molecule has 0 radical (unpaired) electrons. The van der Waals surface area contributed by atoms with Crippen LogP contribution >= 0.6 is 0 Å². The van der Waals surface area contributed by atoms with Crippen LogP contribution in [0, 0.1) is 6.92 Å². The number of pyridine rings is 1. The van der Waals surface area contributed by atoms with Crippen molar-refractivity contribution in [3.63, 3.8) is 0 Å². The van der Waals surface area contributed by atoms with Crippen LogP contribution in [0.25, 0.3) is 0 Å². The summed E-state index contributed by atoms with van der Waals surface area (Å²) >= 11 is 0. The van der Waals surface area contributed by atoms with Crippen LogP contribution in [0.4, 0.5) is 0 Å². The highest BCUT2D eigenvalue weighted by Crippen LogP contribution is 2.36. The molecule has 0 fully saturated rings. The third-order valence-corrected chi connectivity index (χ3v) is 3.37. The Labute approximate surface area is 126 Å². The lowest BCUT2D eigenvalue weighted by Crippen LogP contribution is -2.19. The maximum atomic E-state index is 6.07. The predicted octanol–water partition coefficient (Wildman–Crippen LogP) is 3.86. The second-order valence-electron chi connectivity index (χ2n) is 4.84. The van der Waals surface area contributed by atoms with E-state index in [4.69, 9.17) is 9.47 Å². The fourth-order valence-corrected chi connectivity index (χ4v) is 2.32. The number of hydrogen-bond acceptors (Lipinski definition) is 4. The molecule has 0 amide bonds. The fourth-order valence-electron chi connectivity index (χ4n) is 2.32. The zero-order valence-electron chi connectivity index (χ0n) is 13.0. The van der Waals surface area contributed by atoms with Gasteiger partial charge in [-0.3, -0.25) is 4.98 Å². The van der Waals surface area contributed by atoms with E-state index in [0.717, 1.165) is 35.1 Å². The van der Waals surface area contributed by atoms with Crippen molar-refractivity contribution in [3.05, 3.63) is 47.8 Å². The molecule has 1 aromatic heterocycles. The number of hydrogen-bond donors (Lipinski definition) is 1. The molecule has 1 atom stereocenters. The number of methoxy groups -OCH3 is 1. The van der Waals surface area contributed by atoms with Crippen LogP contribution in [-0.2, 0) is 0 Å². The molecule has 0 aliphatic rings. The average molecular weight is 286 g/mol. The third-order valence-electron chi connectivity index (χ3n) is 3.37. The molecule has 0 saturated carbocycles. The number of aryl methyl sites for hydroxylation is 1. The van der Waals surface area contributed by atoms with Crippen LogP contribution in [0.15, 0.2) is 36.5 Å². The molecule has 2 aromatic rings. The number of ether oxygens (including phenoxy) is 2. The molecule has 4 heteroatoms. The summed E-state index contributed by atoms with van der Waals surface area (Å²) in [5.41, 5.74) is 1.88. The Morgan fingerprint density at radius 3 is 2.52 bits per heavy atom. The highest BCUT2D eigenvalue weighted by atomic mass is 16.5. The molecule has 0 spiro atoms. The molecule has 1 unspecified atom stereocenters. The molecular weight excluding hydrogens is 264 g/mol. The summed E-state index contributed by atoms with van der Waals surface area (Å²) in [4.78, 5) is 4.26. The normalized spacial score (nSPS) is 12.0. The van der Waals surface area contributed by atoms with E-state index >= 15 is 0 Å². The quantitative estimate of drug-likeness (QED) is 0.875. The Hall–Kier alpha value is -2.07. The highest BCUT2D eigenvalue weighted by Gasteiger charge is 2.17. The molecule has 2 rings (SSSR count).